The topological polar surface area (TPSA) is 63.6 Å². The first-order chi connectivity index (χ1) is 20.1. The van der Waals surface area contributed by atoms with Gasteiger partial charge in [-0.3, -0.25) is 9.59 Å². The van der Waals surface area contributed by atoms with Crippen LogP contribution in [0.1, 0.15) is 181 Å². The van der Waals surface area contributed by atoms with Gasteiger partial charge in [0.2, 0.25) is 0 Å². The van der Waals surface area contributed by atoms with E-state index in [0.29, 0.717) is 6.42 Å². The van der Waals surface area contributed by atoms with E-state index in [1.165, 1.54) is 70.6 Å². The molecule has 238 valence electrons. The maximum absolute atomic E-state index is 12.5. The summed E-state index contributed by atoms with van der Waals surface area (Å²) in [4.78, 5) is 23.2. The normalized spacial score (nSPS) is 12.6. The van der Waals surface area contributed by atoms with Gasteiger partial charge in [0, 0.05) is 12.8 Å². The van der Waals surface area contributed by atoms with E-state index in [1.807, 2.05) is 0 Å². The largest absolute Gasteiger partial charge is 0.481 e. The van der Waals surface area contributed by atoms with Crippen LogP contribution in [-0.4, -0.2) is 23.1 Å². The fourth-order valence-corrected chi connectivity index (χ4v) is 5.08. The second-order valence-corrected chi connectivity index (χ2v) is 11.7. The number of carboxylic acid groups (broad SMARTS) is 1. The van der Waals surface area contributed by atoms with Crippen LogP contribution in [0.5, 0.6) is 0 Å². The molecule has 0 aromatic heterocycles. The zero-order valence-corrected chi connectivity index (χ0v) is 27.1. The Kier molecular flexibility index (Phi) is 31.2. The molecule has 0 radical (unpaired) electrons. The average Bonchev–Trinajstić information content (AvgIpc) is 2.95. The molecule has 1 unspecified atom stereocenters. The van der Waals surface area contributed by atoms with Crippen LogP contribution in [0.4, 0.5) is 0 Å². The fourth-order valence-electron chi connectivity index (χ4n) is 5.08. The lowest BCUT2D eigenvalue weighted by molar-refractivity contribution is -0.150. The van der Waals surface area contributed by atoms with Crippen LogP contribution in [0.15, 0.2) is 36.5 Å². The van der Waals surface area contributed by atoms with Crippen molar-refractivity contribution in [3.05, 3.63) is 36.5 Å². The van der Waals surface area contributed by atoms with Crippen molar-refractivity contribution in [2.24, 2.45) is 0 Å². The first-order valence-electron chi connectivity index (χ1n) is 17.5. The molecule has 0 bridgehead atoms. The summed E-state index contributed by atoms with van der Waals surface area (Å²) in [6, 6.07) is 0. The van der Waals surface area contributed by atoms with E-state index in [-0.39, 0.29) is 18.5 Å². The van der Waals surface area contributed by atoms with E-state index < -0.39 is 5.97 Å². The number of carboxylic acids is 1. The Morgan fingerprint density at radius 3 is 1.59 bits per heavy atom. The molecule has 0 rings (SSSR count). The van der Waals surface area contributed by atoms with Crippen molar-refractivity contribution in [3.63, 3.8) is 0 Å². The molecule has 0 fully saturated rings. The number of esters is 1. The molecule has 0 spiro atoms. The maximum Gasteiger partial charge on any atom is 0.306 e. The number of hydrogen-bond acceptors (Lipinski definition) is 3. The molecule has 0 aliphatic carbocycles. The Hall–Kier alpha value is -1.84. The number of carbonyl (C=O) groups is 2. The van der Waals surface area contributed by atoms with Crippen LogP contribution < -0.4 is 0 Å². The van der Waals surface area contributed by atoms with Crippen molar-refractivity contribution < 1.29 is 19.4 Å². The first-order valence-corrected chi connectivity index (χ1v) is 17.5. The zero-order valence-electron chi connectivity index (χ0n) is 27.1. The highest BCUT2D eigenvalue weighted by Gasteiger charge is 2.14. The van der Waals surface area contributed by atoms with Gasteiger partial charge >= 0.3 is 11.9 Å². The highest BCUT2D eigenvalue weighted by Crippen LogP contribution is 2.18. The number of unbranched alkanes of at least 4 members (excludes halogenated alkanes) is 16. The zero-order chi connectivity index (χ0) is 30.1. The Morgan fingerprint density at radius 1 is 0.561 bits per heavy atom. The standard InChI is InChI=1S/C37H66O4/c1-3-5-7-9-11-12-13-14-15-16-17-18-19-20-21-26-30-34-37(40)41-35(31-27-23-10-8-6-4-2)32-28-24-22-25-29-33-36(38)39/h5,7,11-12,14-15,35H,3-4,6,8-10,13,16-34H2,1-2H3,(H,38,39)/b7-5-,12-11-,15-14-. The van der Waals surface area contributed by atoms with Crippen LogP contribution in [-0.2, 0) is 14.3 Å². The molecule has 4 heteroatoms. The first kappa shape index (κ1) is 39.2. The van der Waals surface area contributed by atoms with Gasteiger partial charge in [-0.2, -0.15) is 0 Å². The van der Waals surface area contributed by atoms with Crippen LogP contribution in [0, 0.1) is 0 Å². The number of rotatable bonds is 31. The minimum atomic E-state index is -0.704. The summed E-state index contributed by atoms with van der Waals surface area (Å²) >= 11 is 0. The number of allylic oxidation sites excluding steroid dienone is 6. The lowest BCUT2D eigenvalue weighted by atomic mass is 10.0. The molecule has 41 heavy (non-hydrogen) atoms. The quantitative estimate of drug-likeness (QED) is 0.0508. The van der Waals surface area contributed by atoms with E-state index in [2.05, 4.69) is 50.3 Å². The summed E-state index contributed by atoms with van der Waals surface area (Å²) in [5.74, 6) is -0.716. The van der Waals surface area contributed by atoms with Crippen molar-refractivity contribution in [1.29, 1.82) is 0 Å². The van der Waals surface area contributed by atoms with Gasteiger partial charge in [-0.1, -0.05) is 134 Å². The van der Waals surface area contributed by atoms with Crippen molar-refractivity contribution in [1.82, 2.24) is 0 Å². The molecule has 0 amide bonds. The summed E-state index contributed by atoms with van der Waals surface area (Å²) in [6.45, 7) is 4.41. The lowest BCUT2D eigenvalue weighted by Gasteiger charge is -2.18. The molecule has 0 heterocycles. The summed E-state index contributed by atoms with van der Waals surface area (Å²) in [5.41, 5.74) is 0. The molecule has 1 atom stereocenters. The van der Waals surface area contributed by atoms with Crippen LogP contribution in [0.2, 0.25) is 0 Å². The number of hydrogen-bond donors (Lipinski definition) is 1. The third kappa shape index (κ3) is 32.5. The third-order valence-corrected chi connectivity index (χ3v) is 7.63. The number of aliphatic carboxylic acids is 1. The lowest BCUT2D eigenvalue weighted by Crippen LogP contribution is -2.18. The molecular formula is C37H66O4. The monoisotopic (exact) mass is 574 g/mol. The summed E-state index contributed by atoms with van der Waals surface area (Å²) in [5, 5.41) is 8.76. The minimum Gasteiger partial charge on any atom is -0.481 e. The molecule has 0 aromatic rings. The second kappa shape index (κ2) is 32.7. The molecule has 1 N–H and O–H groups in total. The minimum absolute atomic E-state index is 0.0125. The van der Waals surface area contributed by atoms with Gasteiger partial charge < -0.3 is 9.84 Å². The predicted molar refractivity (Wildman–Crippen MR) is 176 cm³/mol. The highest BCUT2D eigenvalue weighted by atomic mass is 16.5. The molecular weight excluding hydrogens is 508 g/mol. The SMILES string of the molecule is CC/C=C\C/C=C\C/C=C\CCCCCCCCCC(=O)OC(CCCCCCCC)CCCCCCCC(=O)O. The van der Waals surface area contributed by atoms with Crippen LogP contribution in [0.25, 0.3) is 0 Å². The Morgan fingerprint density at radius 2 is 1.02 bits per heavy atom. The van der Waals surface area contributed by atoms with E-state index in [9.17, 15) is 9.59 Å². The van der Waals surface area contributed by atoms with Gasteiger partial charge in [0.15, 0.2) is 0 Å². The van der Waals surface area contributed by atoms with Gasteiger partial charge in [0.25, 0.3) is 0 Å². The van der Waals surface area contributed by atoms with Crippen molar-refractivity contribution in [3.8, 4) is 0 Å². The summed E-state index contributed by atoms with van der Waals surface area (Å²) in [6.07, 6.45) is 41.6. The fraction of sp³-hybridized carbons (Fsp3) is 0.784. The third-order valence-electron chi connectivity index (χ3n) is 7.63. The van der Waals surface area contributed by atoms with Crippen LogP contribution >= 0.6 is 0 Å². The molecule has 0 saturated carbocycles. The van der Waals surface area contributed by atoms with Gasteiger partial charge in [-0.05, 0) is 70.6 Å². The van der Waals surface area contributed by atoms with Crippen molar-refractivity contribution in [2.45, 2.75) is 187 Å². The highest BCUT2D eigenvalue weighted by molar-refractivity contribution is 5.69. The molecule has 0 aliphatic rings. The summed E-state index contributed by atoms with van der Waals surface area (Å²) in [7, 11) is 0. The van der Waals surface area contributed by atoms with E-state index in [4.69, 9.17) is 9.84 Å². The van der Waals surface area contributed by atoms with Gasteiger partial charge in [-0.25, -0.2) is 0 Å². The maximum atomic E-state index is 12.5. The molecule has 0 saturated heterocycles. The van der Waals surface area contributed by atoms with E-state index >= 15 is 0 Å². The Labute approximate surface area is 254 Å². The van der Waals surface area contributed by atoms with Crippen molar-refractivity contribution >= 4 is 11.9 Å². The average molecular weight is 575 g/mol. The Balaban J connectivity index is 3.91. The number of carbonyl (C=O) groups excluding carboxylic acids is 1. The summed E-state index contributed by atoms with van der Waals surface area (Å²) < 4.78 is 5.94. The second-order valence-electron chi connectivity index (χ2n) is 11.7. The molecule has 4 nitrogen and oxygen atoms in total. The molecule has 0 aromatic carbocycles. The van der Waals surface area contributed by atoms with Gasteiger partial charge in [-0.15, -0.1) is 0 Å². The Bertz CT molecular complexity index is 664. The smallest absolute Gasteiger partial charge is 0.306 e. The van der Waals surface area contributed by atoms with Crippen LogP contribution in [0.3, 0.4) is 0 Å². The van der Waals surface area contributed by atoms with Crippen molar-refractivity contribution in [2.75, 3.05) is 0 Å². The van der Waals surface area contributed by atoms with E-state index in [0.717, 1.165) is 83.5 Å². The van der Waals surface area contributed by atoms with Gasteiger partial charge in [0.1, 0.15) is 6.10 Å². The molecule has 0 aliphatic heterocycles. The number of ether oxygens (including phenoxy) is 1. The predicted octanol–water partition coefficient (Wildman–Crippen LogP) is 11.8. The van der Waals surface area contributed by atoms with E-state index in [1.54, 1.807) is 0 Å². The van der Waals surface area contributed by atoms with Gasteiger partial charge in [0.05, 0.1) is 0 Å².